The van der Waals surface area contributed by atoms with Crippen molar-refractivity contribution in [1.29, 1.82) is 0 Å². The quantitative estimate of drug-likeness (QED) is 0.813. The lowest BCUT2D eigenvalue weighted by molar-refractivity contribution is 0.177. The fourth-order valence-corrected chi connectivity index (χ4v) is 2.22. The minimum atomic E-state index is -0.281. The predicted octanol–water partition coefficient (Wildman–Crippen LogP) is 2.95. The molecule has 10 heavy (non-hydrogen) atoms. The smallest absolute Gasteiger partial charge is 0.0879 e. The molecule has 56 valence electrons. The first kappa shape index (κ1) is 8.24. The molecule has 0 unspecified atom stereocenters. The molecule has 1 N–H and O–H groups in total. The number of halogens is 1. The molecule has 0 radical (unpaired) electrons. The first-order valence-electron chi connectivity index (χ1n) is 3.16. The first-order chi connectivity index (χ1) is 4.74. The summed E-state index contributed by atoms with van der Waals surface area (Å²) in [5.41, 5.74) is 0. The van der Waals surface area contributed by atoms with E-state index in [-0.39, 0.29) is 6.10 Å². The fourth-order valence-electron chi connectivity index (χ4n) is 0.704. The molecule has 0 aliphatic heterocycles. The Morgan fingerprint density at radius 2 is 2.50 bits per heavy atom. The van der Waals surface area contributed by atoms with Gasteiger partial charge >= 0.3 is 0 Å². The molecule has 0 spiro atoms. The summed E-state index contributed by atoms with van der Waals surface area (Å²) in [6, 6.07) is 1.96. The van der Waals surface area contributed by atoms with Crippen LogP contribution in [0.3, 0.4) is 0 Å². The normalized spacial score (nSPS) is 13.5. The number of rotatable bonds is 2. The first-order valence-corrected chi connectivity index (χ1v) is 4.83. The van der Waals surface area contributed by atoms with E-state index < -0.39 is 0 Å². The SMILES string of the molecule is CC[C@@H](O)c1cc(Br)cs1. The molecule has 1 rings (SSSR count). The Morgan fingerprint density at radius 1 is 1.80 bits per heavy atom. The van der Waals surface area contributed by atoms with Crippen LogP contribution >= 0.6 is 27.3 Å². The van der Waals surface area contributed by atoms with Gasteiger partial charge in [0.2, 0.25) is 0 Å². The molecule has 1 heterocycles. The van der Waals surface area contributed by atoms with Crippen LogP contribution in [0.1, 0.15) is 24.3 Å². The highest BCUT2D eigenvalue weighted by Crippen LogP contribution is 2.26. The van der Waals surface area contributed by atoms with E-state index in [0.717, 1.165) is 15.8 Å². The highest BCUT2D eigenvalue weighted by atomic mass is 79.9. The van der Waals surface area contributed by atoms with Crippen LogP contribution in [-0.4, -0.2) is 5.11 Å². The van der Waals surface area contributed by atoms with Crippen molar-refractivity contribution in [3.8, 4) is 0 Å². The van der Waals surface area contributed by atoms with Gasteiger partial charge in [-0.3, -0.25) is 0 Å². The van der Waals surface area contributed by atoms with E-state index in [1.54, 1.807) is 11.3 Å². The van der Waals surface area contributed by atoms with Crippen LogP contribution < -0.4 is 0 Å². The molecule has 0 saturated carbocycles. The van der Waals surface area contributed by atoms with E-state index in [0.29, 0.717) is 0 Å². The van der Waals surface area contributed by atoms with Gasteiger partial charge in [0.25, 0.3) is 0 Å². The van der Waals surface area contributed by atoms with Crippen molar-refractivity contribution in [1.82, 2.24) is 0 Å². The number of aliphatic hydroxyl groups excluding tert-OH is 1. The molecule has 1 aromatic rings. The maximum absolute atomic E-state index is 9.33. The summed E-state index contributed by atoms with van der Waals surface area (Å²) in [6.07, 6.45) is 0.503. The largest absolute Gasteiger partial charge is 0.388 e. The topological polar surface area (TPSA) is 20.2 Å². The molecule has 0 amide bonds. The molecule has 0 aromatic carbocycles. The third-order valence-corrected chi connectivity index (χ3v) is 3.10. The van der Waals surface area contributed by atoms with Crippen LogP contribution in [0.2, 0.25) is 0 Å². The van der Waals surface area contributed by atoms with Gasteiger partial charge in [-0.1, -0.05) is 6.92 Å². The third kappa shape index (κ3) is 1.81. The summed E-state index contributed by atoms with van der Waals surface area (Å²) in [5, 5.41) is 11.3. The van der Waals surface area contributed by atoms with Gasteiger partial charge in [0, 0.05) is 14.7 Å². The summed E-state index contributed by atoms with van der Waals surface area (Å²) >= 11 is 4.91. The second-order valence-electron chi connectivity index (χ2n) is 2.09. The van der Waals surface area contributed by atoms with Gasteiger partial charge in [-0.25, -0.2) is 0 Å². The molecule has 0 aliphatic rings. The van der Waals surface area contributed by atoms with Gasteiger partial charge < -0.3 is 5.11 Å². The maximum atomic E-state index is 9.33. The maximum Gasteiger partial charge on any atom is 0.0879 e. The zero-order chi connectivity index (χ0) is 7.56. The van der Waals surface area contributed by atoms with E-state index in [4.69, 9.17) is 0 Å². The fraction of sp³-hybridized carbons (Fsp3) is 0.429. The molecule has 1 aromatic heterocycles. The minimum absolute atomic E-state index is 0.281. The van der Waals surface area contributed by atoms with Crippen molar-refractivity contribution in [3.63, 3.8) is 0 Å². The molecular weight excluding hydrogens is 212 g/mol. The van der Waals surface area contributed by atoms with Crippen molar-refractivity contribution in [2.75, 3.05) is 0 Å². The Hall–Kier alpha value is 0.140. The number of hydrogen-bond donors (Lipinski definition) is 1. The van der Waals surface area contributed by atoms with Crippen molar-refractivity contribution in [3.05, 3.63) is 20.8 Å². The second-order valence-corrected chi connectivity index (χ2v) is 3.95. The lowest BCUT2D eigenvalue weighted by Crippen LogP contribution is -1.89. The van der Waals surface area contributed by atoms with Crippen LogP contribution in [-0.2, 0) is 0 Å². The van der Waals surface area contributed by atoms with E-state index in [9.17, 15) is 5.11 Å². The number of hydrogen-bond acceptors (Lipinski definition) is 2. The van der Waals surface area contributed by atoms with Crippen molar-refractivity contribution < 1.29 is 5.11 Å². The van der Waals surface area contributed by atoms with Crippen LogP contribution in [0.15, 0.2) is 15.9 Å². The van der Waals surface area contributed by atoms with Crippen LogP contribution in [0.4, 0.5) is 0 Å². The molecule has 0 aliphatic carbocycles. The van der Waals surface area contributed by atoms with Gasteiger partial charge in [-0.05, 0) is 28.4 Å². The highest BCUT2D eigenvalue weighted by molar-refractivity contribution is 9.10. The van der Waals surface area contributed by atoms with E-state index in [1.807, 2.05) is 18.4 Å². The van der Waals surface area contributed by atoms with Crippen LogP contribution in [0.5, 0.6) is 0 Å². The predicted molar refractivity (Wildman–Crippen MR) is 47.3 cm³/mol. The molecule has 1 atom stereocenters. The minimum Gasteiger partial charge on any atom is -0.388 e. The third-order valence-electron chi connectivity index (χ3n) is 1.30. The Bertz CT molecular complexity index is 209. The molecule has 0 bridgehead atoms. The molecule has 0 saturated heterocycles. The Kier molecular flexibility index (Phi) is 2.89. The van der Waals surface area contributed by atoms with Gasteiger partial charge in [0.05, 0.1) is 6.10 Å². The summed E-state index contributed by atoms with van der Waals surface area (Å²) in [4.78, 5) is 1.04. The Labute approximate surface area is 72.8 Å². The monoisotopic (exact) mass is 220 g/mol. The van der Waals surface area contributed by atoms with E-state index >= 15 is 0 Å². The van der Waals surface area contributed by atoms with Crippen molar-refractivity contribution in [2.45, 2.75) is 19.4 Å². The summed E-state index contributed by atoms with van der Waals surface area (Å²) < 4.78 is 1.06. The van der Waals surface area contributed by atoms with Crippen molar-refractivity contribution in [2.24, 2.45) is 0 Å². The van der Waals surface area contributed by atoms with E-state index in [1.165, 1.54) is 0 Å². The van der Waals surface area contributed by atoms with Crippen molar-refractivity contribution >= 4 is 27.3 Å². The van der Waals surface area contributed by atoms with Gasteiger partial charge in [-0.15, -0.1) is 11.3 Å². The zero-order valence-corrected chi connectivity index (χ0v) is 8.08. The number of thiophene rings is 1. The molecule has 1 nitrogen and oxygen atoms in total. The average molecular weight is 221 g/mol. The highest BCUT2D eigenvalue weighted by Gasteiger charge is 2.05. The Morgan fingerprint density at radius 3 is 2.90 bits per heavy atom. The van der Waals surface area contributed by atoms with Crippen LogP contribution in [0.25, 0.3) is 0 Å². The lowest BCUT2D eigenvalue weighted by Gasteiger charge is -2.01. The van der Waals surface area contributed by atoms with E-state index in [2.05, 4.69) is 15.9 Å². The van der Waals surface area contributed by atoms with Crippen LogP contribution in [0, 0.1) is 0 Å². The van der Waals surface area contributed by atoms with Gasteiger partial charge in [0.15, 0.2) is 0 Å². The number of aliphatic hydroxyl groups is 1. The molecule has 0 fully saturated rings. The zero-order valence-electron chi connectivity index (χ0n) is 5.67. The van der Waals surface area contributed by atoms with Gasteiger partial charge in [-0.2, -0.15) is 0 Å². The Balaban J connectivity index is 2.74. The molecule has 3 heteroatoms. The second kappa shape index (κ2) is 3.51. The summed E-state index contributed by atoms with van der Waals surface area (Å²) in [5.74, 6) is 0. The summed E-state index contributed by atoms with van der Waals surface area (Å²) in [7, 11) is 0. The average Bonchev–Trinajstić information content (AvgIpc) is 2.34. The summed E-state index contributed by atoms with van der Waals surface area (Å²) in [6.45, 7) is 1.97. The molecular formula is C7H9BrOS. The standard InChI is InChI=1S/C7H9BrOS/c1-2-6(9)7-3-5(8)4-10-7/h3-4,6,9H,2H2,1H3/t6-/m1/s1. The lowest BCUT2D eigenvalue weighted by atomic mass is 10.2. The van der Waals surface area contributed by atoms with Gasteiger partial charge in [0.1, 0.15) is 0 Å².